The van der Waals surface area contributed by atoms with E-state index in [0.29, 0.717) is 18.7 Å². The Hall–Kier alpha value is -2.91. The number of esters is 1. The molecule has 178 valence electrons. The molecule has 1 aliphatic rings. The number of nitrogens with zero attached hydrogens (tertiary/aromatic N) is 2. The normalized spacial score (nSPS) is 16.1. The van der Waals surface area contributed by atoms with Crippen LogP contribution in [-0.4, -0.2) is 37.6 Å². The number of aryl methyl sites for hydroxylation is 1. The van der Waals surface area contributed by atoms with Crippen molar-refractivity contribution in [2.45, 2.75) is 63.6 Å². The lowest BCUT2D eigenvalue weighted by atomic mass is 10.1. The molecule has 0 amide bonds. The van der Waals surface area contributed by atoms with E-state index in [9.17, 15) is 13.2 Å². The fourth-order valence-electron chi connectivity index (χ4n) is 3.34. The van der Waals surface area contributed by atoms with Gasteiger partial charge >= 0.3 is 5.97 Å². The third-order valence-electron chi connectivity index (χ3n) is 4.84. The van der Waals surface area contributed by atoms with Crippen LogP contribution in [0.2, 0.25) is 0 Å². The van der Waals surface area contributed by atoms with E-state index < -0.39 is 21.7 Å². The van der Waals surface area contributed by atoms with Crippen LogP contribution in [0.4, 0.5) is 5.82 Å². The Kier molecular flexibility index (Phi) is 7.76. The van der Waals surface area contributed by atoms with Crippen molar-refractivity contribution in [2.75, 3.05) is 10.8 Å². The van der Waals surface area contributed by atoms with Crippen molar-refractivity contribution in [1.29, 1.82) is 0 Å². The summed E-state index contributed by atoms with van der Waals surface area (Å²) in [6, 6.07) is 12.0. The van der Waals surface area contributed by atoms with E-state index in [4.69, 9.17) is 9.57 Å². The molecule has 33 heavy (non-hydrogen) atoms. The van der Waals surface area contributed by atoms with E-state index in [1.54, 1.807) is 48.7 Å². The van der Waals surface area contributed by atoms with Crippen LogP contribution in [0.25, 0.3) is 0 Å². The summed E-state index contributed by atoms with van der Waals surface area (Å²) >= 11 is 0. The number of benzene rings is 1. The van der Waals surface area contributed by atoms with Gasteiger partial charge in [-0.3, -0.25) is 15.1 Å². The number of hydroxylamine groups is 1. The van der Waals surface area contributed by atoms with Gasteiger partial charge < -0.3 is 4.74 Å². The monoisotopic (exact) mass is 473 g/mol. The molecule has 0 aliphatic carbocycles. The fraction of sp³-hybridized carbons (Fsp3) is 0.417. The quantitative estimate of drug-likeness (QED) is 0.552. The van der Waals surface area contributed by atoms with E-state index in [2.05, 4.69) is 10.5 Å². The molecule has 1 aromatic carbocycles. The number of allylic oxidation sites excluding steroid dienone is 1. The topological polar surface area (TPSA) is 97.8 Å². The lowest BCUT2D eigenvalue weighted by Crippen LogP contribution is -2.33. The Labute approximate surface area is 195 Å². The van der Waals surface area contributed by atoms with Crippen LogP contribution < -0.4 is 9.79 Å². The molecule has 3 rings (SSSR count). The number of rotatable bonds is 9. The number of pyridine rings is 1. The van der Waals surface area contributed by atoms with Crippen LogP contribution in [0.15, 0.2) is 65.3 Å². The first-order valence-corrected chi connectivity index (χ1v) is 12.3. The first-order chi connectivity index (χ1) is 15.5. The molecule has 1 N–H and O–H groups in total. The van der Waals surface area contributed by atoms with Gasteiger partial charge in [0.2, 0.25) is 0 Å². The number of hydrogen-bond acceptors (Lipinski definition) is 7. The lowest BCUT2D eigenvalue weighted by molar-refractivity contribution is -0.157. The summed E-state index contributed by atoms with van der Waals surface area (Å²) in [5.74, 6) is 0.0304. The van der Waals surface area contributed by atoms with Gasteiger partial charge in [-0.25, -0.2) is 17.7 Å². The smallest absolute Gasteiger partial charge is 0.309 e. The zero-order valence-electron chi connectivity index (χ0n) is 19.4. The number of aromatic nitrogens is 1. The van der Waals surface area contributed by atoms with E-state index >= 15 is 0 Å². The zero-order valence-corrected chi connectivity index (χ0v) is 20.3. The first-order valence-electron chi connectivity index (χ1n) is 10.9. The van der Waals surface area contributed by atoms with E-state index in [1.807, 2.05) is 33.8 Å². The van der Waals surface area contributed by atoms with E-state index in [-0.39, 0.29) is 23.8 Å². The predicted molar refractivity (Wildman–Crippen MR) is 126 cm³/mol. The maximum absolute atomic E-state index is 13.3. The minimum atomic E-state index is -3.77. The van der Waals surface area contributed by atoms with Crippen molar-refractivity contribution in [3.8, 4) is 0 Å². The number of carbonyl (C=O) groups excluding carboxylic acids is 1. The second kappa shape index (κ2) is 10.4. The molecular weight excluding hydrogens is 442 g/mol. The molecule has 2 aromatic rings. The minimum Gasteiger partial charge on any atom is -0.460 e. The van der Waals surface area contributed by atoms with Gasteiger partial charge in [-0.1, -0.05) is 23.8 Å². The van der Waals surface area contributed by atoms with Gasteiger partial charge in [-0.15, -0.1) is 0 Å². The SMILES string of the molecule is Cc1ccc(S(=O)(=O)N(CCCC2=C[C@H](CC(=O)OC(C)(C)C)ON2)c2ccccn2)cc1. The van der Waals surface area contributed by atoms with Gasteiger partial charge in [0, 0.05) is 18.4 Å². The summed E-state index contributed by atoms with van der Waals surface area (Å²) in [5.41, 5.74) is 4.07. The molecule has 1 atom stereocenters. The van der Waals surface area contributed by atoms with Gasteiger partial charge in [-0.05, 0) is 70.9 Å². The summed E-state index contributed by atoms with van der Waals surface area (Å²) < 4.78 is 33.3. The Balaban J connectivity index is 1.65. The fourth-order valence-corrected chi connectivity index (χ4v) is 4.79. The highest BCUT2D eigenvalue weighted by Crippen LogP contribution is 2.24. The number of ether oxygens (including phenoxy) is 1. The standard InChI is InChI=1S/C24H31N3O5S/c1-18-10-12-21(13-11-18)33(29,30)27(22-9-5-6-14-25-22)15-7-8-19-16-20(32-26-19)17-23(28)31-24(2,3)4/h5-6,9-14,16,20,26H,7-8,15,17H2,1-4H3/t20-/m1/s1. The number of anilines is 1. The molecule has 8 nitrogen and oxygen atoms in total. The van der Waals surface area contributed by atoms with Crippen LogP contribution >= 0.6 is 0 Å². The van der Waals surface area contributed by atoms with Gasteiger partial charge in [0.25, 0.3) is 10.0 Å². The van der Waals surface area contributed by atoms with Gasteiger partial charge in [-0.2, -0.15) is 0 Å². The zero-order chi connectivity index (χ0) is 24.1. The third kappa shape index (κ3) is 7.03. The van der Waals surface area contributed by atoms with Crippen molar-refractivity contribution in [2.24, 2.45) is 0 Å². The average molecular weight is 474 g/mol. The number of hydrogen-bond donors (Lipinski definition) is 1. The molecule has 2 heterocycles. The minimum absolute atomic E-state index is 0.107. The summed E-state index contributed by atoms with van der Waals surface area (Å²) in [6.45, 7) is 7.60. The summed E-state index contributed by atoms with van der Waals surface area (Å²) in [5, 5.41) is 0. The maximum atomic E-state index is 13.3. The predicted octanol–water partition coefficient (Wildman–Crippen LogP) is 3.88. The molecule has 0 spiro atoms. The molecule has 1 aromatic heterocycles. The molecule has 0 unspecified atom stereocenters. The molecule has 0 saturated carbocycles. The molecule has 0 radical (unpaired) electrons. The number of nitrogens with one attached hydrogen (secondary N) is 1. The van der Waals surface area contributed by atoms with Gasteiger partial charge in [0.05, 0.1) is 11.3 Å². The van der Waals surface area contributed by atoms with Crippen molar-refractivity contribution in [3.63, 3.8) is 0 Å². The van der Waals surface area contributed by atoms with Gasteiger partial charge in [0.15, 0.2) is 0 Å². The largest absolute Gasteiger partial charge is 0.460 e. The van der Waals surface area contributed by atoms with Crippen molar-refractivity contribution >= 4 is 21.8 Å². The maximum Gasteiger partial charge on any atom is 0.309 e. The third-order valence-corrected chi connectivity index (χ3v) is 6.66. The van der Waals surface area contributed by atoms with Crippen molar-refractivity contribution < 1.29 is 22.8 Å². The molecule has 0 saturated heterocycles. The highest BCUT2D eigenvalue weighted by molar-refractivity contribution is 7.92. The number of sulfonamides is 1. The van der Waals surface area contributed by atoms with E-state index in [1.165, 1.54) is 4.31 Å². The molecule has 0 fully saturated rings. The average Bonchev–Trinajstić information content (AvgIpc) is 3.17. The van der Waals surface area contributed by atoms with E-state index in [0.717, 1.165) is 11.3 Å². The lowest BCUT2D eigenvalue weighted by Gasteiger charge is -2.23. The summed E-state index contributed by atoms with van der Waals surface area (Å²) in [4.78, 5) is 21.9. The Bertz CT molecular complexity index is 1080. The second-order valence-corrected chi connectivity index (χ2v) is 10.8. The van der Waals surface area contributed by atoms with Crippen molar-refractivity contribution in [3.05, 3.63) is 66.0 Å². The first kappa shape index (κ1) is 24.7. The highest BCUT2D eigenvalue weighted by Gasteiger charge is 2.27. The van der Waals surface area contributed by atoms with Crippen LogP contribution in [0.3, 0.4) is 0 Å². The number of carbonyl (C=O) groups is 1. The highest BCUT2D eigenvalue weighted by atomic mass is 32.2. The summed E-state index contributed by atoms with van der Waals surface area (Å²) in [6.07, 6.45) is 4.18. The van der Waals surface area contributed by atoms with Crippen LogP contribution in [0.1, 0.15) is 45.6 Å². The van der Waals surface area contributed by atoms with Crippen molar-refractivity contribution in [1.82, 2.24) is 10.5 Å². The van der Waals surface area contributed by atoms with Crippen LogP contribution in [-0.2, 0) is 24.4 Å². The molecule has 0 bridgehead atoms. The summed E-state index contributed by atoms with van der Waals surface area (Å²) in [7, 11) is -3.77. The Morgan fingerprint density at radius 1 is 1.18 bits per heavy atom. The second-order valence-electron chi connectivity index (χ2n) is 8.92. The Morgan fingerprint density at radius 2 is 1.91 bits per heavy atom. The molecule has 9 heteroatoms. The molecule has 1 aliphatic heterocycles. The molecular formula is C24H31N3O5S. The van der Waals surface area contributed by atoms with Gasteiger partial charge in [0.1, 0.15) is 17.5 Å². The Morgan fingerprint density at radius 3 is 2.55 bits per heavy atom. The van der Waals surface area contributed by atoms with Crippen LogP contribution in [0, 0.1) is 6.92 Å². The van der Waals surface area contributed by atoms with Crippen LogP contribution in [0.5, 0.6) is 0 Å².